The monoisotopic (exact) mass is 288 g/mol. The zero-order valence-corrected chi connectivity index (χ0v) is 10.9. The molecule has 0 aliphatic heterocycles. The average molecular weight is 290 g/mol. The molecule has 3 heteroatoms. The van der Waals surface area contributed by atoms with Gasteiger partial charge in [-0.15, -0.1) is 0 Å². The first-order chi connectivity index (χ1) is 7.31. The zero-order chi connectivity index (χ0) is 10.7. The quantitative estimate of drug-likeness (QED) is 0.741. The second-order valence-corrected chi connectivity index (χ2v) is 4.83. The van der Waals surface area contributed by atoms with E-state index in [4.69, 9.17) is 16.3 Å². The number of ether oxygens (including phenoxy) is 1. The van der Waals surface area contributed by atoms with Crippen LogP contribution in [-0.4, -0.2) is 6.10 Å². The van der Waals surface area contributed by atoms with Crippen molar-refractivity contribution in [3.63, 3.8) is 0 Å². The van der Waals surface area contributed by atoms with Gasteiger partial charge in [0.25, 0.3) is 0 Å². The molecule has 0 spiro atoms. The minimum absolute atomic E-state index is 0.369. The number of alkyl halides is 1. The molecule has 0 aromatic heterocycles. The molecule has 1 fully saturated rings. The van der Waals surface area contributed by atoms with E-state index in [0.29, 0.717) is 6.10 Å². The predicted molar refractivity (Wildman–Crippen MR) is 67.0 cm³/mol. The van der Waals surface area contributed by atoms with Gasteiger partial charge in [0, 0.05) is 5.33 Å². The maximum Gasteiger partial charge on any atom is 0.138 e. The van der Waals surface area contributed by atoms with Crippen LogP contribution in [0.3, 0.4) is 0 Å². The third-order valence-electron chi connectivity index (χ3n) is 2.78. The van der Waals surface area contributed by atoms with Gasteiger partial charge in [-0.25, -0.2) is 0 Å². The van der Waals surface area contributed by atoms with Gasteiger partial charge in [-0.2, -0.15) is 0 Å². The number of hydrogen-bond acceptors (Lipinski definition) is 1. The van der Waals surface area contributed by atoms with Crippen LogP contribution in [0.25, 0.3) is 0 Å². The minimum Gasteiger partial charge on any atom is -0.489 e. The normalized spacial score (nSPS) is 16.9. The Morgan fingerprint density at radius 1 is 1.33 bits per heavy atom. The van der Waals surface area contributed by atoms with Crippen molar-refractivity contribution in [1.82, 2.24) is 0 Å². The van der Waals surface area contributed by atoms with Crippen molar-refractivity contribution in [3.8, 4) is 5.75 Å². The molecule has 0 amide bonds. The second kappa shape index (κ2) is 5.22. The molecule has 1 saturated carbocycles. The van der Waals surface area contributed by atoms with Gasteiger partial charge < -0.3 is 4.74 Å². The van der Waals surface area contributed by atoms with Crippen molar-refractivity contribution >= 4 is 27.5 Å². The van der Waals surface area contributed by atoms with Crippen molar-refractivity contribution < 1.29 is 4.74 Å². The Morgan fingerprint density at radius 3 is 2.73 bits per heavy atom. The van der Waals surface area contributed by atoms with Crippen molar-refractivity contribution in [1.29, 1.82) is 0 Å². The molecule has 0 radical (unpaired) electrons. The van der Waals surface area contributed by atoms with Crippen molar-refractivity contribution in [2.75, 3.05) is 0 Å². The fraction of sp³-hybridized carbons (Fsp3) is 0.500. The molecule has 0 unspecified atom stereocenters. The third kappa shape index (κ3) is 2.67. The lowest BCUT2D eigenvalue weighted by molar-refractivity contribution is 0.210. The second-order valence-electron chi connectivity index (χ2n) is 3.89. The predicted octanol–water partition coefficient (Wildman–Crippen LogP) is 4.56. The maximum atomic E-state index is 6.23. The third-order valence-corrected chi connectivity index (χ3v) is 3.82. The molecule has 1 nitrogen and oxygen atoms in total. The van der Waals surface area contributed by atoms with Crippen LogP contribution >= 0.6 is 27.5 Å². The molecule has 0 heterocycles. The van der Waals surface area contributed by atoms with Gasteiger partial charge in [0.1, 0.15) is 5.75 Å². The highest BCUT2D eigenvalue weighted by Gasteiger charge is 2.18. The molecule has 0 saturated heterocycles. The van der Waals surface area contributed by atoms with E-state index in [0.717, 1.165) is 34.5 Å². The lowest BCUT2D eigenvalue weighted by atomic mass is 10.2. The smallest absolute Gasteiger partial charge is 0.138 e. The topological polar surface area (TPSA) is 9.23 Å². The van der Waals surface area contributed by atoms with E-state index in [2.05, 4.69) is 15.9 Å². The largest absolute Gasteiger partial charge is 0.489 e. The summed E-state index contributed by atoms with van der Waals surface area (Å²) in [5.74, 6) is 0.834. The number of hydrogen-bond donors (Lipinski definition) is 0. The maximum absolute atomic E-state index is 6.23. The Morgan fingerprint density at radius 2 is 2.07 bits per heavy atom. The summed E-state index contributed by atoms with van der Waals surface area (Å²) in [5, 5.41) is 1.52. The van der Waals surface area contributed by atoms with E-state index < -0.39 is 0 Å². The summed E-state index contributed by atoms with van der Waals surface area (Å²) in [5.41, 5.74) is 1.09. The molecule has 1 aromatic rings. The van der Waals surface area contributed by atoms with E-state index in [1.165, 1.54) is 12.8 Å². The molecular weight excluding hydrogens is 275 g/mol. The van der Waals surface area contributed by atoms with Crippen LogP contribution in [0.1, 0.15) is 31.2 Å². The molecule has 1 aliphatic rings. The van der Waals surface area contributed by atoms with Gasteiger partial charge in [0.15, 0.2) is 0 Å². The number of benzene rings is 1. The molecular formula is C12H14BrClO. The van der Waals surface area contributed by atoms with E-state index in [1.54, 1.807) is 0 Å². The van der Waals surface area contributed by atoms with Gasteiger partial charge in [0.2, 0.25) is 0 Å². The summed E-state index contributed by atoms with van der Waals surface area (Å²) < 4.78 is 5.90. The molecule has 0 bridgehead atoms. The Balaban J connectivity index is 2.13. The van der Waals surface area contributed by atoms with Gasteiger partial charge in [-0.1, -0.05) is 39.7 Å². The van der Waals surface area contributed by atoms with Crippen LogP contribution < -0.4 is 4.74 Å². The molecule has 0 atom stereocenters. The molecule has 2 rings (SSSR count). The fourth-order valence-corrected chi connectivity index (χ4v) is 2.80. The highest BCUT2D eigenvalue weighted by Crippen LogP contribution is 2.32. The van der Waals surface area contributed by atoms with Crippen LogP contribution in [0.4, 0.5) is 0 Å². The van der Waals surface area contributed by atoms with E-state index in [-0.39, 0.29) is 0 Å². The Labute approximate surface area is 104 Å². The molecule has 1 aliphatic carbocycles. The standard InChI is InChI=1S/C12H14BrClO/c13-8-9-4-3-7-11(12(9)14)15-10-5-1-2-6-10/h3-4,7,10H,1-2,5-6,8H2. The van der Waals surface area contributed by atoms with Gasteiger partial charge in [0.05, 0.1) is 11.1 Å². The van der Waals surface area contributed by atoms with E-state index in [9.17, 15) is 0 Å². The van der Waals surface area contributed by atoms with Crippen LogP contribution in [-0.2, 0) is 5.33 Å². The molecule has 82 valence electrons. The van der Waals surface area contributed by atoms with Crippen LogP contribution in [0.5, 0.6) is 5.75 Å². The lowest BCUT2D eigenvalue weighted by Crippen LogP contribution is -2.11. The van der Waals surface area contributed by atoms with Crippen LogP contribution in [0.15, 0.2) is 18.2 Å². The number of rotatable bonds is 3. The summed E-state index contributed by atoms with van der Waals surface area (Å²) in [6, 6.07) is 5.96. The fourth-order valence-electron chi connectivity index (χ4n) is 1.94. The van der Waals surface area contributed by atoms with Crippen molar-refractivity contribution in [2.24, 2.45) is 0 Å². The molecule has 1 aromatic carbocycles. The van der Waals surface area contributed by atoms with E-state index >= 15 is 0 Å². The summed E-state index contributed by atoms with van der Waals surface area (Å²) in [6.07, 6.45) is 5.25. The Kier molecular flexibility index (Phi) is 3.92. The summed E-state index contributed by atoms with van der Waals surface area (Å²) >= 11 is 9.65. The highest BCUT2D eigenvalue weighted by molar-refractivity contribution is 9.08. The van der Waals surface area contributed by atoms with Gasteiger partial charge in [-0.3, -0.25) is 0 Å². The minimum atomic E-state index is 0.369. The average Bonchev–Trinajstić information content (AvgIpc) is 2.74. The Bertz CT molecular complexity index is 334. The van der Waals surface area contributed by atoms with Gasteiger partial charge in [-0.05, 0) is 37.3 Å². The first-order valence-electron chi connectivity index (χ1n) is 5.31. The first kappa shape index (κ1) is 11.3. The molecule has 15 heavy (non-hydrogen) atoms. The zero-order valence-electron chi connectivity index (χ0n) is 8.51. The van der Waals surface area contributed by atoms with Crippen molar-refractivity contribution in [3.05, 3.63) is 28.8 Å². The van der Waals surface area contributed by atoms with Gasteiger partial charge >= 0.3 is 0 Å². The first-order valence-corrected chi connectivity index (χ1v) is 6.81. The van der Waals surface area contributed by atoms with Crippen molar-refractivity contribution in [2.45, 2.75) is 37.1 Å². The van der Waals surface area contributed by atoms with Crippen LogP contribution in [0.2, 0.25) is 5.02 Å². The van der Waals surface area contributed by atoms with Crippen LogP contribution in [0, 0.1) is 0 Å². The summed E-state index contributed by atoms with van der Waals surface area (Å²) in [6.45, 7) is 0. The Hall–Kier alpha value is -0.210. The number of halogens is 2. The SMILES string of the molecule is Clc1c(CBr)cccc1OC1CCCC1. The summed E-state index contributed by atoms with van der Waals surface area (Å²) in [4.78, 5) is 0. The highest BCUT2D eigenvalue weighted by atomic mass is 79.9. The summed E-state index contributed by atoms with van der Waals surface area (Å²) in [7, 11) is 0. The molecule has 0 N–H and O–H groups in total. The lowest BCUT2D eigenvalue weighted by Gasteiger charge is -2.15. The van der Waals surface area contributed by atoms with E-state index in [1.807, 2.05) is 18.2 Å².